The molecular formula is C15H19NO3. The first-order chi connectivity index (χ1) is 9.03. The highest BCUT2D eigenvalue weighted by atomic mass is 16.5. The number of carboxylic acid groups (broad SMARTS) is 1. The number of carboxylic acids is 1. The van der Waals surface area contributed by atoms with Gasteiger partial charge in [-0.05, 0) is 37.3 Å². The van der Waals surface area contributed by atoms with E-state index in [9.17, 15) is 9.90 Å². The molecule has 0 amide bonds. The fourth-order valence-corrected chi connectivity index (χ4v) is 2.83. The average Bonchev–Trinajstić information content (AvgIpc) is 3.15. The van der Waals surface area contributed by atoms with Crippen molar-refractivity contribution in [3.05, 3.63) is 23.8 Å². The van der Waals surface area contributed by atoms with Crippen LogP contribution in [0.3, 0.4) is 0 Å². The van der Waals surface area contributed by atoms with Crippen molar-refractivity contribution >= 4 is 11.7 Å². The first-order valence-electron chi connectivity index (χ1n) is 6.79. The Hall–Kier alpha value is -1.71. The minimum absolute atomic E-state index is 0.260. The summed E-state index contributed by atoms with van der Waals surface area (Å²) in [6, 6.07) is 5.78. The minimum Gasteiger partial charge on any atom is -0.489 e. The summed E-state index contributed by atoms with van der Waals surface area (Å²) in [6.45, 7) is 5.91. The summed E-state index contributed by atoms with van der Waals surface area (Å²) in [4.78, 5) is 13.6. The maximum absolute atomic E-state index is 11.3. The Morgan fingerprint density at radius 2 is 2.21 bits per heavy atom. The van der Waals surface area contributed by atoms with Crippen molar-refractivity contribution in [2.75, 3.05) is 18.1 Å². The van der Waals surface area contributed by atoms with Gasteiger partial charge in [0.05, 0.1) is 12.2 Å². The maximum atomic E-state index is 11.3. The van der Waals surface area contributed by atoms with Gasteiger partial charge in [0.1, 0.15) is 12.2 Å². The molecular weight excluding hydrogens is 242 g/mol. The van der Waals surface area contributed by atoms with E-state index in [2.05, 4.69) is 18.7 Å². The lowest BCUT2D eigenvalue weighted by molar-refractivity contribution is 0.0692. The van der Waals surface area contributed by atoms with E-state index in [1.165, 1.54) is 12.8 Å². The van der Waals surface area contributed by atoms with Gasteiger partial charge < -0.3 is 14.7 Å². The molecule has 4 heteroatoms. The van der Waals surface area contributed by atoms with Gasteiger partial charge in [0.25, 0.3) is 0 Å². The summed E-state index contributed by atoms with van der Waals surface area (Å²) in [5.74, 6) is -0.402. The van der Waals surface area contributed by atoms with E-state index < -0.39 is 5.97 Å². The largest absolute Gasteiger partial charge is 0.489 e. The van der Waals surface area contributed by atoms with Gasteiger partial charge in [-0.25, -0.2) is 4.79 Å². The second kappa shape index (κ2) is 4.15. The van der Waals surface area contributed by atoms with E-state index in [4.69, 9.17) is 4.74 Å². The van der Waals surface area contributed by atoms with E-state index in [0.29, 0.717) is 23.8 Å². The highest BCUT2D eigenvalue weighted by Crippen LogP contribution is 2.51. The quantitative estimate of drug-likeness (QED) is 0.909. The third-order valence-corrected chi connectivity index (χ3v) is 4.63. The standard InChI is InChI=1S/C15H19NO3/c1-10(15(2)6-7-15)16-8-9-19-13-11(14(17)18)4-3-5-12(13)16/h3-5,10H,6-9H2,1-2H3,(H,17,18). The number of anilines is 1. The van der Waals surface area contributed by atoms with E-state index in [1.54, 1.807) is 12.1 Å². The summed E-state index contributed by atoms with van der Waals surface area (Å²) in [5, 5.41) is 9.24. The molecule has 0 spiro atoms. The predicted octanol–water partition coefficient (Wildman–Crippen LogP) is 2.77. The molecule has 1 aromatic carbocycles. The molecule has 1 aliphatic heterocycles. The van der Waals surface area contributed by atoms with Crippen molar-refractivity contribution < 1.29 is 14.6 Å². The van der Waals surface area contributed by atoms with Crippen LogP contribution < -0.4 is 9.64 Å². The molecule has 0 bridgehead atoms. The Kier molecular flexibility index (Phi) is 2.69. The molecule has 102 valence electrons. The molecule has 1 atom stereocenters. The monoisotopic (exact) mass is 261 g/mol. The summed E-state index contributed by atoms with van der Waals surface area (Å²) in [6.07, 6.45) is 2.50. The molecule has 0 radical (unpaired) electrons. The van der Waals surface area contributed by atoms with E-state index >= 15 is 0 Å². The predicted molar refractivity (Wildman–Crippen MR) is 73.0 cm³/mol. The van der Waals surface area contributed by atoms with Crippen molar-refractivity contribution in [2.24, 2.45) is 5.41 Å². The number of ether oxygens (including phenoxy) is 1. The van der Waals surface area contributed by atoms with Gasteiger partial charge in [-0.1, -0.05) is 13.0 Å². The Morgan fingerprint density at radius 3 is 2.84 bits per heavy atom. The molecule has 1 heterocycles. The number of aromatic carboxylic acids is 1. The summed E-state index contributed by atoms with van der Waals surface area (Å²) < 4.78 is 5.61. The number of rotatable bonds is 3. The number of hydrogen-bond acceptors (Lipinski definition) is 3. The van der Waals surface area contributed by atoms with Gasteiger partial charge in [-0.3, -0.25) is 0 Å². The maximum Gasteiger partial charge on any atom is 0.339 e. The molecule has 1 aliphatic carbocycles. The molecule has 19 heavy (non-hydrogen) atoms. The van der Waals surface area contributed by atoms with Crippen LogP contribution in [0, 0.1) is 5.41 Å². The van der Waals surface area contributed by atoms with E-state index in [1.807, 2.05) is 6.07 Å². The van der Waals surface area contributed by atoms with Crippen LogP contribution in [0.25, 0.3) is 0 Å². The lowest BCUT2D eigenvalue weighted by Gasteiger charge is -2.39. The molecule has 3 rings (SSSR count). The van der Waals surface area contributed by atoms with Crippen molar-refractivity contribution in [3.8, 4) is 5.75 Å². The number of hydrogen-bond donors (Lipinski definition) is 1. The van der Waals surface area contributed by atoms with Crippen LogP contribution in [-0.2, 0) is 0 Å². The third kappa shape index (κ3) is 1.95. The van der Waals surface area contributed by atoms with Crippen LogP contribution in [-0.4, -0.2) is 30.3 Å². The summed E-state index contributed by atoms with van der Waals surface area (Å²) in [7, 11) is 0. The number of fused-ring (bicyclic) bond motifs is 1. The van der Waals surface area contributed by atoms with Crippen molar-refractivity contribution in [2.45, 2.75) is 32.7 Å². The molecule has 4 nitrogen and oxygen atoms in total. The van der Waals surface area contributed by atoms with E-state index in [-0.39, 0.29) is 5.56 Å². The van der Waals surface area contributed by atoms with Gasteiger partial charge in [0.2, 0.25) is 0 Å². The molecule has 0 aromatic heterocycles. The molecule has 1 N–H and O–H groups in total. The smallest absolute Gasteiger partial charge is 0.339 e. The zero-order chi connectivity index (χ0) is 13.6. The van der Waals surface area contributed by atoms with Gasteiger partial charge in [-0.2, -0.15) is 0 Å². The van der Waals surface area contributed by atoms with Crippen molar-refractivity contribution in [1.29, 1.82) is 0 Å². The zero-order valence-corrected chi connectivity index (χ0v) is 11.3. The average molecular weight is 261 g/mol. The molecule has 1 aromatic rings. The summed E-state index contributed by atoms with van der Waals surface area (Å²) in [5.41, 5.74) is 1.55. The van der Waals surface area contributed by atoms with Crippen LogP contribution in [0.1, 0.15) is 37.0 Å². The second-order valence-corrected chi connectivity index (χ2v) is 5.83. The minimum atomic E-state index is -0.927. The van der Waals surface area contributed by atoms with Crippen LogP contribution in [0.15, 0.2) is 18.2 Å². The van der Waals surface area contributed by atoms with Crippen molar-refractivity contribution in [1.82, 2.24) is 0 Å². The van der Waals surface area contributed by atoms with Gasteiger partial charge in [0.15, 0.2) is 5.75 Å². The first kappa shape index (κ1) is 12.3. The number of para-hydroxylation sites is 1. The van der Waals surface area contributed by atoms with Gasteiger partial charge in [-0.15, -0.1) is 0 Å². The van der Waals surface area contributed by atoms with Crippen LogP contribution in [0.4, 0.5) is 5.69 Å². The highest BCUT2D eigenvalue weighted by molar-refractivity contribution is 5.93. The van der Waals surface area contributed by atoms with Gasteiger partial charge in [0, 0.05) is 6.04 Å². The third-order valence-electron chi connectivity index (χ3n) is 4.63. The number of carbonyl (C=O) groups is 1. The Labute approximate surface area is 113 Å². The normalized spacial score (nSPS) is 21.3. The summed E-state index contributed by atoms with van der Waals surface area (Å²) >= 11 is 0. The fourth-order valence-electron chi connectivity index (χ4n) is 2.83. The second-order valence-electron chi connectivity index (χ2n) is 5.83. The highest BCUT2D eigenvalue weighted by Gasteiger charge is 2.46. The molecule has 2 aliphatic rings. The van der Waals surface area contributed by atoms with Crippen molar-refractivity contribution in [3.63, 3.8) is 0 Å². The SMILES string of the molecule is CC(N1CCOc2c(C(=O)O)cccc21)C1(C)CC1. The molecule has 1 fully saturated rings. The Bertz CT molecular complexity index is 522. The van der Waals surface area contributed by atoms with Crippen LogP contribution in [0.2, 0.25) is 0 Å². The van der Waals surface area contributed by atoms with E-state index in [0.717, 1.165) is 12.2 Å². The number of nitrogens with zero attached hydrogens (tertiary/aromatic N) is 1. The fraction of sp³-hybridized carbons (Fsp3) is 0.533. The molecule has 1 saturated carbocycles. The number of benzene rings is 1. The zero-order valence-electron chi connectivity index (χ0n) is 11.3. The van der Waals surface area contributed by atoms with Crippen LogP contribution in [0.5, 0.6) is 5.75 Å². The topological polar surface area (TPSA) is 49.8 Å². The Balaban J connectivity index is 2.00. The molecule has 0 saturated heterocycles. The lowest BCUT2D eigenvalue weighted by Crippen LogP contribution is -2.43. The lowest BCUT2D eigenvalue weighted by atomic mass is 9.97. The molecule has 1 unspecified atom stereocenters. The van der Waals surface area contributed by atoms with Gasteiger partial charge >= 0.3 is 5.97 Å². The Morgan fingerprint density at radius 1 is 1.47 bits per heavy atom. The first-order valence-corrected chi connectivity index (χ1v) is 6.79. The van der Waals surface area contributed by atoms with Crippen LogP contribution >= 0.6 is 0 Å².